The topological polar surface area (TPSA) is 82.5 Å². The highest BCUT2D eigenvalue weighted by Crippen LogP contribution is 2.39. The predicted molar refractivity (Wildman–Crippen MR) is 117 cm³/mol. The molecule has 3 N–H and O–H groups in total. The third kappa shape index (κ3) is 3.57. The number of phenols is 1. The Labute approximate surface area is 174 Å². The highest BCUT2D eigenvalue weighted by molar-refractivity contribution is 6.10. The summed E-state index contributed by atoms with van der Waals surface area (Å²) in [6.07, 6.45) is 0.700. The highest BCUT2D eigenvalue weighted by Gasteiger charge is 2.24. The van der Waals surface area contributed by atoms with Crippen LogP contribution >= 0.6 is 0 Å². The molecule has 1 atom stereocenters. The maximum absolute atomic E-state index is 13.3. The molecule has 0 bridgehead atoms. The van der Waals surface area contributed by atoms with Crippen LogP contribution in [0.3, 0.4) is 0 Å². The minimum absolute atomic E-state index is 0.0161. The summed E-state index contributed by atoms with van der Waals surface area (Å²) < 4.78 is 0. The molecule has 150 valence electrons. The number of nitrogens with one attached hydrogen (secondary N) is 1. The maximum Gasteiger partial charge on any atom is 0.256 e. The lowest BCUT2D eigenvalue weighted by atomic mass is 9.99. The third-order valence-corrected chi connectivity index (χ3v) is 5.17. The first-order valence-electron chi connectivity index (χ1n) is 9.86. The molecule has 30 heavy (non-hydrogen) atoms. The van der Waals surface area contributed by atoms with Crippen molar-refractivity contribution in [1.29, 1.82) is 0 Å². The molecule has 0 spiro atoms. The summed E-state index contributed by atoms with van der Waals surface area (Å²) in [6, 6.07) is 23.3. The van der Waals surface area contributed by atoms with Crippen molar-refractivity contribution in [2.24, 2.45) is 0 Å². The van der Waals surface area contributed by atoms with Crippen molar-refractivity contribution in [3.05, 3.63) is 90.0 Å². The molecule has 1 aromatic heterocycles. The number of benzene rings is 3. The molecular weight excluding hydrogens is 376 g/mol. The van der Waals surface area contributed by atoms with Crippen molar-refractivity contribution in [3.63, 3.8) is 0 Å². The number of rotatable bonds is 5. The number of hydrogen-bond donors (Lipinski definition) is 3. The molecule has 0 fully saturated rings. The maximum atomic E-state index is 13.3. The van der Waals surface area contributed by atoms with Gasteiger partial charge in [0.05, 0.1) is 17.1 Å². The van der Waals surface area contributed by atoms with Gasteiger partial charge >= 0.3 is 0 Å². The molecule has 4 rings (SSSR count). The molecule has 0 aliphatic rings. The number of carbonyl (C=O) groups is 1. The Hall–Kier alpha value is -3.86. The average Bonchev–Trinajstić information content (AvgIpc) is 2.78. The number of nitrogens with zero attached hydrogens (tertiary/aromatic N) is 1. The van der Waals surface area contributed by atoms with E-state index in [2.05, 4.69) is 10.3 Å². The molecule has 5 heteroatoms. The van der Waals surface area contributed by atoms with Gasteiger partial charge in [0.1, 0.15) is 11.4 Å². The van der Waals surface area contributed by atoms with E-state index in [4.69, 9.17) is 0 Å². The number of aromatic nitrogens is 1. The molecular formula is C25H22N2O3. The minimum Gasteiger partial charge on any atom is -0.507 e. The van der Waals surface area contributed by atoms with Crippen LogP contribution in [0.25, 0.3) is 22.2 Å². The quantitative estimate of drug-likeness (QED) is 0.432. The van der Waals surface area contributed by atoms with Crippen LogP contribution in [0, 0.1) is 0 Å². The smallest absolute Gasteiger partial charge is 0.256 e. The van der Waals surface area contributed by atoms with Gasteiger partial charge in [-0.25, -0.2) is 4.98 Å². The summed E-state index contributed by atoms with van der Waals surface area (Å²) in [5, 5.41) is 24.9. The molecule has 1 amide bonds. The van der Waals surface area contributed by atoms with Crippen molar-refractivity contribution in [2.75, 3.05) is 0 Å². The van der Waals surface area contributed by atoms with Crippen molar-refractivity contribution in [3.8, 4) is 22.8 Å². The number of amides is 1. The van der Waals surface area contributed by atoms with E-state index in [9.17, 15) is 15.0 Å². The van der Waals surface area contributed by atoms with Gasteiger partial charge in [0.2, 0.25) is 0 Å². The summed E-state index contributed by atoms with van der Waals surface area (Å²) in [7, 11) is 0. The standard InChI is InChI=1S/C25H22N2O3/c1-2-19(16-10-4-3-5-11-16)27-25(30)22-17-12-6-8-14-20(17)26-23(24(22)29)18-13-7-9-15-21(18)28/h3-15,19,28-29H,2H2,1H3,(H,27,30)/t19-/m0/s1. The number of fused-ring (bicyclic) bond motifs is 1. The van der Waals surface area contributed by atoms with E-state index < -0.39 is 5.91 Å². The molecule has 0 aliphatic heterocycles. The number of hydrogen-bond acceptors (Lipinski definition) is 4. The molecule has 1 heterocycles. The summed E-state index contributed by atoms with van der Waals surface area (Å²) in [6.45, 7) is 2.00. The van der Waals surface area contributed by atoms with E-state index in [-0.39, 0.29) is 28.8 Å². The Bertz CT molecular complexity index is 1210. The van der Waals surface area contributed by atoms with E-state index in [0.29, 0.717) is 22.9 Å². The molecule has 0 saturated carbocycles. The number of para-hydroxylation sites is 2. The summed E-state index contributed by atoms with van der Waals surface area (Å²) >= 11 is 0. The first kappa shape index (κ1) is 19.5. The summed E-state index contributed by atoms with van der Waals surface area (Å²) in [4.78, 5) is 17.8. The molecule has 4 aromatic rings. The minimum atomic E-state index is -0.390. The van der Waals surface area contributed by atoms with Crippen molar-refractivity contribution in [2.45, 2.75) is 19.4 Å². The number of aromatic hydroxyl groups is 2. The molecule has 0 saturated heterocycles. The predicted octanol–water partition coefficient (Wildman–Crippen LogP) is 5.19. The Morgan fingerprint density at radius 2 is 1.60 bits per heavy atom. The van der Waals surface area contributed by atoms with Gasteiger partial charge in [0.15, 0.2) is 5.75 Å². The van der Waals surface area contributed by atoms with E-state index in [1.54, 1.807) is 36.4 Å². The van der Waals surface area contributed by atoms with Gasteiger partial charge < -0.3 is 15.5 Å². The lowest BCUT2D eigenvalue weighted by Gasteiger charge is -2.19. The first-order chi connectivity index (χ1) is 14.6. The fraction of sp³-hybridized carbons (Fsp3) is 0.120. The highest BCUT2D eigenvalue weighted by atomic mass is 16.3. The second-order valence-corrected chi connectivity index (χ2v) is 7.06. The molecule has 0 unspecified atom stereocenters. The van der Waals surface area contributed by atoms with E-state index >= 15 is 0 Å². The monoisotopic (exact) mass is 398 g/mol. The lowest BCUT2D eigenvalue weighted by molar-refractivity contribution is 0.0934. The fourth-order valence-electron chi connectivity index (χ4n) is 3.63. The first-order valence-corrected chi connectivity index (χ1v) is 9.86. The van der Waals surface area contributed by atoms with Gasteiger partial charge in [-0.2, -0.15) is 0 Å². The number of carbonyl (C=O) groups excluding carboxylic acids is 1. The van der Waals surface area contributed by atoms with Gasteiger partial charge in [0.25, 0.3) is 5.91 Å². The van der Waals surface area contributed by atoms with E-state index in [1.165, 1.54) is 6.07 Å². The normalized spacial score (nSPS) is 11.9. The molecule has 0 radical (unpaired) electrons. The van der Waals surface area contributed by atoms with Crippen LogP contribution in [0.15, 0.2) is 78.9 Å². The fourth-order valence-corrected chi connectivity index (χ4v) is 3.63. The van der Waals surface area contributed by atoms with Crippen LogP contribution in [0.4, 0.5) is 0 Å². The molecule has 3 aromatic carbocycles. The zero-order chi connectivity index (χ0) is 21.1. The van der Waals surface area contributed by atoms with Gasteiger partial charge in [-0.05, 0) is 30.2 Å². The van der Waals surface area contributed by atoms with E-state index in [1.807, 2.05) is 43.3 Å². The number of phenolic OH excluding ortho intramolecular Hbond substituents is 1. The Kier molecular flexibility index (Phi) is 5.35. The summed E-state index contributed by atoms with van der Waals surface area (Å²) in [5.41, 5.74) is 2.24. The SMILES string of the molecule is CC[C@H](NC(=O)c1c(O)c(-c2ccccc2O)nc2ccccc12)c1ccccc1. The zero-order valence-corrected chi connectivity index (χ0v) is 16.5. The van der Waals surface area contributed by atoms with Crippen LogP contribution in [-0.2, 0) is 0 Å². The second-order valence-electron chi connectivity index (χ2n) is 7.06. The van der Waals surface area contributed by atoms with Gasteiger partial charge in [-0.1, -0.05) is 67.6 Å². The average molecular weight is 398 g/mol. The lowest BCUT2D eigenvalue weighted by Crippen LogP contribution is -2.28. The van der Waals surface area contributed by atoms with Crippen LogP contribution in [0.1, 0.15) is 35.3 Å². The summed E-state index contributed by atoms with van der Waals surface area (Å²) in [5.74, 6) is -0.660. The number of pyridine rings is 1. The Morgan fingerprint density at radius 1 is 0.933 bits per heavy atom. The Morgan fingerprint density at radius 3 is 2.33 bits per heavy atom. The van der Waals surface area contributed by atoms with Gasteiger partial charge in [-0.15, -0.1) is 0 Å². The zero-order valence-electron chi connectivity index (χ0n) is 16.5. The van der Waals surface area contributed by atoms with Gasteiger partial charge in [0, 0.05) is 10.9 Å². The van der Waals surface area contributed by atoms with Gasteiger partial charge in [-0.3, -0.25) is 4.79 Å². The second kappa shape index (κ2) is 8.25. The molecule has 0 aliphatic carbocycles. The van der Waals surface area contributed by atoms with Crippen molar-refractivity contribution in [1.82, 2.24) is 10.3 Å². The van der Waals surface area contributed by atoms with Crippen molar-refractivity contribution < 1.29 is 15.0 Å². The van der Waals surface area contributed by atoms with Crippen LogP contribution in [0.2, 0.25) is 0 Å². The third-order valence-electron chi connectivity index (χ3n) is 5.17. The Balaban J connectivity index is 1.84. The van der Waals surface area contributed by atoms with Crippen LogP contribution < -0.4 is 5.32 Å². The largest absolute Gasteiger partial charge is 0.507 e. The van der Waals surface area contributed by atoms with Crippen molar-refractivity contribution >= 4 is 16.8 Å². The van der Waals surface area contributed by atoms with Crippen LogP contribution in [0.5, 0.6) is 11.5 Å². The molecule has 5 nitrogen and oxygen atoms in total. The van der Waals surface area contributed by atoms with E-state index in [0.717, 1.165) is 5.56 Å². The van der Waals surface area contributed by atoms with Crippen LogP contribution in [-0.4, -0.2) is 21.1 Å².